The zero-order valence-electron chi connectivity index (χ0n) is 9.86. The molecule has 0 bridgehead atoms. The highest BCUT2D eigenvalue weighted by atomic mass is 32.2. The lowest BCUT2D eigenvalue weighted by molar-refractivity contribution is -0.106. The summed E-state index contributed by atoms with van der Waals surface area (Å²) in [6.07, 6.45) is -4.53. The molecule has 106 valence electrons. The number of sulfone groups is 1. The van der Waals surface area contributed by atoms with Gasteiger partial charge < -0.3 is 5.11 Å². The first kappa shape index (κ1) is 15.5. The van der Waals surface area contributed by atoms with Crippen LogP contribution < -0.4 is 0 Å². The third-order valence-electron chi connectivity index (χ3n) is 2.41. The number of hydrogen-bond acceptors (Lipinski definition) is 3. The molecule has 0 aliphatic rings. The fourth-order valence-electron chi connectivity index (χ4n) is 1.56. The smallest absolute Gasteiger partial charge is 0.403 e. The van der Waals surface area contributed by atoms with Crippen molar-refractivity contribution in [3.63, 3.8) is 0 Å². The molecule has 0 atom stereocenters. The minimum absolute atomic E-state index is 0.300. The van der Waals surface area contributed by atoms with Crippen LogP contribution in [-0.2, 0) is 16.3 Å². The van der Waals surface area contributed by atoms with Crippen molar-refractivity contribution in [1.82, 2.24) is 0 Å². The highest BCUT2D eigenvalue weighted by Gasteiger charge is 2.36. The van der Waals surface area contributed by atoms with Crippen LogP contribution in [0.15, 0.2) is 23.1 Å². The molecule has 0 radical (unpaired) electrons. The molecule has 4 nitrogen and oxygen atoms in total. The van der Waals surface area contributed by atoms with Crippen LogP contribution >= 0.6 is 0 Å². The highest BCUT2D eigenvalue weighted by molar-refractivity contribution is 7.91. The molecule has 19 heavy (non-hydrogen) atoms. The first-order valence-electron chi connectivity index (χ1n) is 5.22. The second kappa shape index (κ2) is 5.20. The number of halogens is 3. The summed E-state index contributed by atoms with van der Waals surface area (Å²) in [5.74, 6) is -3.38. The summed E-state index contributed by atoms with van der Waals surface area (Å²) in [6, 6.07) is 2.97. The fourth-order valence-corrected chi connectivity index (χ4v) is 2.73. The van der Waals surface area contributed by atoms with Gasteiger partial charge >= 0.3 is 12.1 Å². The van der Waals surface area contributed by atoms with Crippen molar-refractivity contribution in [2.24, 2.45) is 0 Å². The van der Waals surface area contributed by atoms with Gasteiger partial charge in [-0.1, -0.05) is 13.0 Å². The third-order valence-corrected chi connectivity index (χ3v) is 4.08. The Bertz CT molecular complexity index is 590. The van der Waals surface area contributed by atoms with Crippen molar-refractivity contribution in [3.8, 4) is 0 Å². The maximum Gasteiger partial charge on any atom is 0.403 e. The summed E-state index contributed by atoms with van der Waals surface area (Å²) < 4.78 is 59.5. The Morgan fingerprint density at radius 1 is 1.32 bits per heavy atom. The molecule has 0 fully saturated rings. The maximum absolute atomic E-state index is 12.1. The van der Waals surface area contributed by atoms with Crippen molar-refractivity contribution in [2.75, 3.05) is 5.75 Å². The van der Waals surface area contributed by atoms with E-state index in [0.717, 1.165) is 12.1 Å². The lowest BCUT2D eigenvalue weighted by Crippen LogP contribution is -2.23. The Balaban J connectivity index is 3.30. The second-order valence-electron chi connectivity index (χ2n) is 3.85. The fraction of sp³-hybridized carbons (Fsp3) is 0.364. The molecule has 0 saturated carbocycles. The van der Waals surface area contributed by atoms with Gasteiger partial charge in [-0.3, -0.25) is 0 Å². The second-order valence-corrected chi connectivity index (χ2v) is 5.84. The molecular formula is C11H11F3O4S. The van der Waals surface area contributed by atoms with E-state index in [9.17, 15) is 26.4 Å². The number of benzene rings is 1. The Hall–Kier alpha value is -1.57. The van der Waals surface area contributed by atoms with Crippen LogP contribution in [0.1, 0.15) is 22.8 Å². The van der Waals surface area contributed by atoms with E-state index in [2.05, 4.69) is 0 Å². The Labute approximate surface area is 107 Å². The SMILES string of the molecule is CCc1ccc(S(=O)(=O)CC(F)(F)F)cc1C(=O)O. The molecule has 1 aromatic carbocycles. The molecule has 0 heterocycles. The standard InChI is InChI=1S/C11H11F3O4S/c1-2-7-3-4-8(5-9(7)10(15)16)19(17,18)6-11(12,13)14/h3-5H,2,6H2,1H3,(H,15,16). The minimum atomic E-state index is -4.87. The number of alkyl halides is 3. The number of rotatable bonds is 4. The van der Waals surface area contributed by atoms with Crippen molar-refractivity contribution in [3.05, 3.63) is 29.3 Å². The molecule has 0 aliphatic carbocycles. The van der Waals surface area contributed by atoms with Crippen molar-refractivity contribution in [1.29, 1.82) is 0 Å². The Morgan fingerprint density at radius 2 is 1.89 bits per heavy atom. The Kier molecular flexibility index (Phi) is 4.24. The molecular weight excluding hydrogens is 285 g/mol. The van der Waals surface area contributed by atoms with Crippen LogP contribution in [0.25, 0.3) is 0 Å². The van der Waals surface area contributed by atoms with Gasteiger partial charge in [-0.05, 0) is 24.1 Å². The zero-order chi connectivity index (χ0) is 14.8. The number of aromatic carboxylic acids is 1. The van der Waals surface area contributed by atoms with Crippen LogP contribution in [0.5, 0.6) is 0 Å². The summed E-state index contributed by atoms with van der Waals surface area (Å²) in [5.41, 5.74) is 0.0595. The largest absolute Gasteiger partial charge is 0.478 e. The van der Waals surface area contributed by atoms with E-state index < -0.39 is 32.6 Å². The first-order chi connectivity index (χ1) is 8.57. The lowest BCUT2D eigenvalue weighted by Gasteiger charge is -2.10. The lowest BCUT2D eigenvalue weighted by atomic mass is 10.1. The van der Waals surface area contributed by atoms with E-state index in [1.807, 2.05) is 0 Å². The molecule has 0 amide bonds. The van der Waals surface area contributed by atoms with Gasteiger partial charge in [0.1, 0.15) is 0 Å². The van der Waals surface area contributed by atoms with Gasteiger partial charge in [0.2, 0.25) is 0 Å². The summed E-state index contributed by atoms with van der Waals surface area (Å²) in [7, 11) is -4.59. The molecule has 0 spiro atoms. The Morgan fingerprint density at radius 3 is 2.32 bits per heavy atom. The summed E-state index contributed by atoms with van der Waals surface area (Å²) in [4.78, 5) is 10.3. The minimum Gasteiger partial charge on any atom is -0.478 e. The average Bonchev–Trinajstić information content (AvgIpc) is 2.24. The number of aryl methyl sites for hydroxylation is 1. The van der Waals surface area contributed by atoms with E-state index >= 15 is 0 Å². The van der Waals surface area contributed by atoms with E-state index in [1.165, 1.54) is 6.07 Å². The van der Waals surface area contributed by atoms with Crippen LogP contribution in [0.2, 0.25) is 0 Å². The number of carboxylic acids is 1. The van der Waals surface area contributed by atoms with Crippen molar-refractivity contribution in [2.45, 2.75) is 24.4 Å². The van der Waals surface area contributed by atoms with Gasteiger partial charge in [0, 0.05) is 0 Å². The van der Waals surface area contributed by atoms with E-state index in [1.54, 1.807) is 6.92 Å². The summed E-state index contributed by atoms with van der Waals surface area (Å²) in [6.45, 7) is 1.66. The molecule has 0 saturated heterocycles. The van der Waals surface area contributed by atoms with Crippen LogP contribution in [0, 0.1) is 0 Å². The summed E-state index contributed by atoms with van der Waals surface area (Å²) >= 11 is 0. The van der Waals surface area contributed by atoms with Gasteiger partial charge in [0.25, 0.3) is 0 Å². The van der Waals surface area contributed by atoms with E-state index in [0.29, 0.717) is 12.0 Å². The normalized spacial score (nSPS) is 12.4. The van der Waals surface area contributed by atoms with Crippen LogP contribution in [0.3, 0.4) is 0 Å². The molecule has 1 rings (SSSR count). The topological polar surface area (TPSA) is 71.4 Å². The number of carbonyl (C=O) groups is 1. The zero-order valence-corrected chi connectivity index (χ0v) is 10.7. The highest BCUT2D eigenvalue weighted by Crippen LogP contribution is 2.24. The maximum atomic E-state index is 12.1. The van der Waals surface area contributed by atoms with Crippen molar-refractivity contribution < 1.29 is 31.5 Å². The predicted molar refractivity (Wildman–Crippen MR) is 60.9 cm³/mol. The summed E-state index contributed by atoms with van der Waals surface area (Å²) in [5, 5.41) is 8.90. The molecule has 8 heteroatoms. The predicted octanol–water partition coefficient (Wildman–Crippen LogP) is 2.28. The van der Waals surface area contributed by atoms with Crippen LogP contribution in [0.4, 0.5) is 13.2 Å². The van der Waals surface area contributed by atoms with Gasteiger partial charge in [0.05, 0.1) is 10.5 Å². The van der Waals surface area contributed by atoms with Gasteiger partial charge in [-0.2, -0.15) is 13.2 Å². The quantitative estimate of drug-likeness (QED) is 0.925. The van der Waals surface area contributed by atoms with Crippen LogP contribution in [-0.4, -0.2) is 31.4 Å². The molecule has 1 N–H and O–H groups in total. The van der Waals surface area contributed by atoms with Gasteiger partial charge in [-0.15, -0.1) is 0 Å². The first-order valence-corrected chi connectivity index (χ1v) is 6.88. The van der Waals surface area contributed by atoms with Crippen molar-refractivity contribution >= 4 is 15.8 Å². The molecule has 0 aromatic heterocycles. The van der Waals surface area contributed by atoms with Gasteiger partial charge in [-0.25, -0.2) is 13.2 Å². The average molecular weight is 296 g/mol. The third kappa shape index (κ3) is 3.95. The molecule has 0 unspecified atom stereocenters. The monoisotopic (exact) mass is 296 g/mol. The van der Waals surface area contributed by atoms with Gasteiger partial charge in [0.15, 0.2) is 15.6 Å². The molecule has 1 aromatic rings. The number of hydrogen-bond donors (Lipinski definition) is 1. The number of carboxylic acid groups (broad SMARTS) is 1. The van der Waals surface area contributed by atoms with E-state index in [-0.39, 0.29) is 5.56 Å². The van der Waals surface area contributed by atoms with E-state index in [4.69, 9.17) is 5.11 Å². The molecule has 0 aliphatic heterocycles.